The van der Waals surface area contributed by atoms with Crippen molar-refractivity contribution in [2.45, 2.75) is 6.92 Å². The SMILES string of the molecule is Cc1c(C(=O)NNC(N)=S)sc2nc(-c3ccccc3)nn12. The summed E-state index contributed by atoms with van der Waals surface area (Å²) in [5.41, 5.74) is 11.7. The van der Waals surface area contributed by atoms with Gasteiger partial charge in [-0.15, -0.1) is 5.10 Å². The quantitative estimate of drug-likeness (QED) is 0.483. The highest BCUT2D eigenvalue weighted by Crippen LogP contribution is 2.24. The van der Waals surface area contributed by atoms with E-state index in [2.05, 4.69) is 33.2 Å². The lowest BCUT2D eigenvalue weighted by molar-refractivity contribution is 0.0947. The number of aryl methyl sites for hydroxylation is 1. The van der Waals surface area contributed by atoms with Crippen molar-refractivity contribution in [3.05, 3.63) is 40.9 Å². The van der Waals surface area contributed by atoms with Crippen molar-refractivity contribution in [2.24, 2.45) is 5.73 Å². The molecular weight excluding hydrogens is 320 g/mol. The van der Waals surface area contributed by atoms with Crippen LogP contribution >= 0.6 is 23.6 Å². The van der Waals surface area contributed by atoms with Crippen molar-refractivity contribution in [3.63, 3.8) is 0 Å². The first-order valence-electron chi connectivity index (χ1n) is 6.33. The largest absolute Gasteiger partial charge is 0.375 e. The van der Waals surface area contributed by atoms with Crippen molar-refractivity contribution < 1.29 is 4.79 Å². The Morgan fingerprint density at radius 2 is 2.05 bits per heavy atom. The third-order valence-corrected chi connectivity index (χ3v) is 4.19. The Labute approximate surface area is 135 Å². The number of fused-ring (bicyclic) bond motifs is 1. The molecule has 2 aromatic heterocycles. The topological polar surface area (TPSA) is 97.3 Å². The molecule has 22 heavy (non-hydrogen) atoms. The van der Waals surface area contributed by atoms with E-state index in [0.717, 1.165) is 5.56 Å². The van der Waals surface area contributed by atoms with E-state index in [1.54, 1.807) is 4.52 Å². The summed E-state index contributed by atoms with van der Waals surface area (Å²) in [6.45, 7) is 1.81. The third kappa shape index (κ3) is 2.63. The number of hydrogen-bond donors (Lipinski definition) is 3. The number of nitrogens with zero attached hydrogens (tertiary/aromatic N) is 3. The van der Waals surface area contributed by atoms with Crippen LogP contribution in [0.5, 0.6) is 0 Å². The van der Waals surface area contributed by atoms with Crippen LogP contribution in [-0.4, -0.2) is 25.6 Å². The van der Waals surface area contributed by atoms with Crippen LogP contribution in [-0.2, 0) is 0 Å². The lowest BCUT2D eigenvalue weighted by Gasteiger charge is -2.04. The van der Waals surface area contributed by atoms with Gasteiger partial charge in [0.15, 0.2) is 10.9 Å². The first-order chi connectivity index (χ1) is 10.6. The fraction of sp³-hybridized carbons (Fsp3) is 0.0769. The summed E-state index contributed by atoms with van der Waals surface area (Å²) in [6.07, 6.45) is 0. The van der Waals surface area contributed by atoms with E-state index in [4.69, 9.17) is 5.73 Å². The summed E-state index contributed by atoms with van der Waals surface area (Å²) in [7, 11) is 0. The second-order valence-electron chi connectivity index (χ2n) is 4.46. The molecule has 4 N–H and O–H groups in total. The van der Waals surface area contributed by atoms with E-state index in [-0.39, 0.29) is 11.0 Å². The van der Waals surface area contributed by atoms with E-state index in [9.17, 15) is 4.79 Å². The van der Waals surface area contributed by atoms with E-state index >= 15 is 0 Å². The lowest BCUT2D eigenvalue weighted by atomic mass is 10.2. The van der Waals surface area contributed by atoms with E-state index in [1.807, 2.05) is 37.3 Å². The molecule has 0 unspecified atom stereocenters. The number of hydrazine groups is 1. The number of thiocarbonyl (C=S) groups is 1. The average Bonchev–Trinajstić information content (AvgIpc) is 3.06. The molecule has 0 radical (unpaired) electrons. The highest BCUT2D eigenvalue weighted by molar-refractivity contribution is 7.80. The number of nitrogens with two attached hydrogens (primary N) is 1. The van der Waals surface area contributed by atoms with Crippen LogP contribution < -0.4 is 16.6 Å². The predicted octanol–water partition coefficient (Wildman–Crippen LogP) is 1.24. The smallest absolute Gasteiger partial charge is 0.281 e. The molecule has 9 heteroatoms. The zero-order chi connectivity index (χ0) is 15.7. The maximum atomic E-state index is 12.0. The van der Waals surface area contributed by atoms with Gasteiger partial charge in [0.05, 0.1) is 5.69 Å². The van der Waals surface area contributed by atoms with Crippen LogP contribution in [0.4, 0.5) is 0 Å². The van der Waals surface area contributed by atoms with Crippen molar-refractivity contribution in [1.29, 1.82) is 0 Å². The van der Waals surface area contributed by atoms with Gasteiger partial charge in [-0.2, -0.15) is 4.98 Å². The van der Waals surface area contributed by atoms with Crippen molar-refractivity contribution >= 4 is 39.5 Å². The monoisotopic (exact) mass is 332 g/mol. The molecule has 3 rings (SSSR count). The van der Waals surface area contributed by atoms with Crippen molar-refractivity contribution in [3.8, 4) is 11.4 Å². The van der Waals surface area contributed by atoms with Gasteiger partial charge in [-0.3, -0.25) is 15.6 Å². The van der Waals surface area contributed by atoms with Gasteiger partial charge in [0.25, 0.3) is 5.91 Å². The van der Waals surface area contributed by atoms with Gasteiger partial charge < -0.3 is 5.73 Å². The summed E-state index contributed by atoms with van der Waals surface area (Å²) in [6, 6.07) is 9.67. The van der Waals surface area contributed by atoms with Gasteiger partial charge in [0, 0.05) is 5.56 Å². The number of nitrogens with one attached hydrogen (secondary N) is 2. The molecule has 0 aliphatic heterocycles. The number of thiazole rings is 1. The second-order valence-corrected chi connectivity index (χ2v) is 5.87. The van der Waals surface area contributed by atoms with E-state index < -0.39 is 0 Å². The normalized spacial score (nSPS) is 10.6. The molecule has 0 aliphatic rings. The number of hydrogen-bond acceptors (Lipinski definition) is 5. The maximum Gasteiger partial charge on any atom is 0.281 e. The van der Waals surface area contributed by atoms with Crippen LogP contribution in [0.3, 0.4) is 0 Å². The molecule has 0 saturated heterocycles. The Morgan fingerprint density at radius 1 is 1.32 bits per heavy atom. The number of rotatable bonds is 2. The van der Waals surface area contributed by atoms with Crippen molar-refractivity contribution in [2.75, 3.05) is 0 Å². The molecule has 0 spiro atoms. The minimum atomic E-state index is -0.330. The predicted molar refractivity (Wildman–Crippen MR) is 88.4 cm³/mol. The summed E-state index contributed by atoms with van der Waals surface area (Å²) in [4.78, 5) is 17.7. The molecule has 0 fully saturated rings. The fourth-order valence-corrected chi connectivity index (χ4v) is 2.95. The lowest BCUT2D eigenvalue weighted by Crippen LogP contribution is -2.44. The second kappa shape index (κ2) is 5.70. The molecule has 0 bridgehead atoms. The first-order valence-corrected chi connectivity index (χ1v) is 7.56. The molecule has 7 nitrogen and oxygen atoms in total. The van der Waals surface area contributed by atoms with Crippen LogP contribution in [0.1, 0.15) is 15.4 Å². The Morgan fingerprint density at radius 3 is 2.68 bits per heavy atom. The van der Waals surface area contributed by atoms with Crippen LogP contribution in [0, 0.1) is 6.92 Å². The van der Waals surface area contributed by atoms with Gasteiger partial charge in [0.2, 0.25) is 4.96 Å². The van der Waals surface area contributed by atoms with Crippen LogP contribution in [0.25, 0.3) is 16.3 Å². The van der Waals surface area contributed by atoms with Gasteiger partial charge in [0.1, 0.15) is 4.88 Å². The molecule has 0 atom stereocenters. The zero-order valence-corrected chi connectivity index (χ0v) is 13.2. The highest BCUT2D eigenvalue weighted by Gasteiger charge is 2.19. The van der Waals surface area contributed by atoms with Crippen molar-refractivity contribution in [1.82, 2.24) is 25.4 Å². The van der Waals surface area contributed by atoms with E-state index in [1.165, 1.54) is 11.3 Å². The first kappa shape index (κ1) is 14.4. The Hall–Kier alpha value is -2.52. The average molecular weight is 332 g/mol. The van der Waals surface area contributed by atoms with Crippen LogP contribution in [0.15, 0.2) is 30.3 Å². The number of carbonyl (C=O) groups is 1. The fourth-order valence-electron chi connectivity index (χ4n) is 1.94. The van der Waals surface area contributed by atoms with E-state index in [0.29, 0.717) is 21.4 Å². The number of carbonyl (C=O) groups excluding carboxylic acids is 1. The molecule has 3 aromatic rings. The van der Waals surface area contributed by atoms with Crippen LogP contribution in [0.2, 0.25) is 0 Å². The molecule has 1 amide bonds. The molecule has 112 valence electrons. The molecule has 0 aliphatic carbocycles. The Bertz CT molecular complexity index is 854. The minimum absolute atomic E-state index is 0.00294. The molecule has 1 aromatic carbocycles. The standard InChI is InChI=1S/C13H12N6OS2/c1-7-9(11(20)16-17-12(14)21)22-13-15-10(18-19(7)13)8-5-3-2-4-6-8/h2-6H,1H3,(H,16,20)(H3,14,17,21). The Balaban J connectivity index is 1.93. The number of aromatic nitrogens is 3. The van der Waals surface area contributed by atoms with Gasteiger partial charge in [-0.1, -0.05) is 41.7 Å². The number of benzene rings is 1. The van der Waals surface area contributed by atoms with Gasteiger partial charge in [-0.05, 0) is 19.1 Å². The molecular formula is C13H12N6OS2. The summed E-state index contributed by atoms with van der Waals surface area (Å²) in [5, 5.41) is 4.44. The zero-order valence-electron chi connectivity index (χ0n) is 11.5. The summed E-state index contributed by atoms with van der Waals surface area (Å²) < 4.78 is 1.66. The van der Waals surface area contributed by atoms with Gasteiger partial charge in [-0.25, -0.2) is 4.52 Å². The Kier molecular flexibility index (Phi) is 3.73. The highest BCUT2D eigenvalue weighted by atomic mass is 32.1. The third-order valence-electron chi connectivity index (χ3n) is 2.95. The molecule has 0 saturated carbocycles. The summed E-state index contributed by atoms with van der Waals surface area (Å²) >= 11 is 5.89. The maximum absolute atomic E-state index is 12.0. The van der Waals surface area contributed by atoms with Gasteiger partial charge >= 0.3 is 0 Å². The summed E-state index contributed by atoms with van der Waals surface area (Å²) in [5.74, 6) is 0.298. The minimum Gasteiger partial charge on any atom is -0.375 e. The molecule has 2 heterocycles. The number of amides is 1.